The van der Waals surface area contributed by atoms with E-state index in [2.05, 4.69) is 10.2 Å². The number of nitrogens with zero attached hydrogens (tertiary/aromatic N) is 3. The highest BCUT2D eigenvalue weighted by Gasteiger charge is 2.33. The molecular weight excluding hydrogens is 412 g/mol. The summed E-state index contributed by atoms with van der Waals surface area (Å²) in [4.78, 5) is 43.3. The number of likely N-dealkylation sites (tertiary alicyclic amines) is 1. The zero-order valence-corrected chi connectivity index (χ0v) is 19.5. The Morgan fingerprint density at radius 2 is 1.88 bits per heavy atom. The third-order valence-electron chi connectivity index (χ3n) is 5.77. The fourth-order valence-electron chi connectivity index (χ4n) is 4.10. The average Bonchev–Trinajstić information content (AvgIpc) is 3.30. The van der Waals surface area contributed by atoms with Gasteiger partial charge >= 0.3 is 6.09 Å². The minimum atomic E-state index is -0.483. The van der Waals surface area contributed by atoms with Crippen molar-refractivity contribution in [1.82, 2.24) is 20.0 Å². The summed E-state index contributed by atoms with van der Waals surface area (Å²) < 4.78 is 10.7. The van der Waals surface area contributed by atoms with Crippen molar-refractivity contribution in [2.45, 2.75) is 58.1 Å². The van der Waals surface area contributed by atoms with E-state index in [1.807, 2.05) is 20.8 Å². The van der Waals surface area contributed by atoms with Gasteiger partial charge < -0.3 is 24.3 Å². The molecule has 0 saturated carbocycles. The van der Waals surface area contributed by atoms with Gasteiger partial charge in [0.15, 0.2) is 5.76 Å². The van der Waals surface area contributed by atoms with Gasteiger partial charge in [0, 0.05) is 39.3 Å². The molecule has 2 saturated heterocycles. The van der Waals surface area contributed by atoms with Gasteiger partial charge in [0.2, 0.25) is 5.91 Å². The number of piperazine rings is 1. The van der Waals surface area contributed by atoms with Crippen LogP contribution in [0.1, 0.15) is 57.0 Å². The Hall–Kier alpha value is -2.55. The molecule has 0 bridgehead atoms. The van der Waals surface area contributed by atoms with Crippen LogP contribution < -0.4 is 5.32 Å². The van der Waals surface area contributed by atoms with E-state index in [9.17, 15) is 14.4 Å². The second kappa shape index (κ2) is 10.8. The molecule has 1 N–H and O–H groups in total. The van der Waals surface area contributed by atoms with Crippen molar-refractivity contribution in [2.75, 3.05) is 45.8 Å². The predicted octanol–water partition coefficient (Wildman–Crippen LogP) is 2.33. The molecule has 1 unspecified atom stereocenters. The van der Waals surface area contributed by atoms with Crippen molar-refractivity contribution in [3.8, 4) is 0 Å². The van der Waals surface area contributed by atoms with Gasteiger partial charge in [-0.25, -0.2) is 4.79 Å². The summed E-state index contributed by atoms with van der Waals surface area (Å²) in [7, 11) is 0. The highest BCUT2D eigenvalue weighted by atomic mass is 16.6. The lowest BCUT2D eigenvalue weighted by molar-refractivity contribution is -0.126. The number of hydrogen-bond acceptors (Lipinski definition) is 6. The van der Waals surface area contributed by atoms with E-state index in [1.165, 1.54) is 6.26 Å². The van der Waals surface area contributed by atoms with Gasteiger partial charge in [-0.2, -0.15) is 0 Å². The van der Waals surface area contributed by atoms with Crippen LogP contribution in [0.4, 0.5) is 4.79 Å². The average molecular weight is 449 g/mol. The van der Waals surface area contributed by atoms with Crippen molar-refractivity contribution >= 4 is 17.9 Å². The second-order valence-corrected chi connectivity index (χ2v) is 9.44. The third kappa shape index (κ3) is 6.72. The van der Waals surface area contributed by atoms with Gasteiger partial charge in [-0.05, 0) is 65.1 Å². The molecule has 0 aromatic carbocycles. The molecule has 3 rings (SSSR count). The molecule has 2 aliphatic heterocycles. The van der Waals surface area contributed by atoms with Crippen LogP contribution in [0, 0.1) is 0 Å². The van der Waals surface area contributed by atoms with E-state index in [-0.39, 0.29) is 23.7 Å². The summed E-state index contributed by atoms with van der Waals surface area (Å²) in [6, 6.07) is 2.87. The number of nitrogens with one attached hydrogen (secondary N) is 1. The first-order valence-corrected chi connectivity index (χ1v) is 11.6. The number of rotatable bonds is 6. The molecule has 2 fully saturated rings. The lowest BCUT2D eigenvalue weighted by Gasteiger charge is -2.36. The predicted molar refractivity (Wildman–Crippen MR) is 119 cm³/mol. The van der Waals surface area contributed by atoms with Gasteiger partial charge in [0.05, 0.1) is 6.26 Å². The van der Waals surface area contributed by atoms with E-state index >= 15 is 0 Å². The first kappa shape index (κ1) is 24.1. The molecule has 9 heteroatoms. The van der Waals surface area contributed by atoms with Crippen molar-refractivity contribution in [2.24, 2.45) is 0 Å². The van der Waals surface area contributed by atoms with Crippen molar-refractivity contribution in [3.63, 3.8) is 0 Å². The molecule has 0 aliphatic carbocycles. The maximum atomic E-state index is 12.8. The van der Waals surface area contributed by atoms with Crippen molar-refractivity contribution in [3.05, 3.63) is 24.2 Å². The van der Waals surface area contributed by atoms with Gasteiger partial charge in [0.1, 0.15) is 11.6 Å². The number of ether oxygens (including phenoxy) is 1. The van der Waals surface area contributed by atoms with Crippen LogP contribution in [0.25, 0.3) is 0 Å². The van der Waals surface area contributed by atoms with Crippen LogP contribution in [0.5, 0.6) is 0 Å². The summed E-state index contributed by atoms with van der Waals surface area (Å²) in [5, 5.41) is 3.00. The molecular formula is C23H36N4O5. The normalized spacial score (nSPS) is 20.2. The van der Waals surface area contributed by atoms with E-state index < -0.39 is 11.6 Å². The monoisotopic (exact) mass is 448 g/mol. The lowest BCUT2D eigenvalue weighted by Crippen LogP contribution is -2.52. The lowest BCUT2D eigenvalue weighted by atomic mass is 10.0. The van der Waals surface area contributed by atoms with Crippen molar-refractivity contribution < 1.29 is 23.5 Å². The fraction of sp³-hybridized carbons (Fsp3) is 0.696. The molecule has 0 spiro atoms. The number of carbonyl (C=O) groups excluding carboxylic acids is 3. The number of furan rings is 1. The van der Waals surface area contributed by atoms with Gasteiger partial charge in [0.25, 0.3) is 5.91 Å². The maximum Gasteiger partial charge on any atom is 0.410 e. The van der Waals surface area contributed by atoms with E-state index in [1.54, 1.807) is 21.9 Å². The Kier molecular flexibility index (Phi) is 8.17. The molecule has 1 aromatic rings. The van der Waals surface area contributed by atoms with Crippen LogP contribution in [0.2, 0.25) is 0 Å². The topological polar surface area (TPSA) is 95.3 Å². The molecule has 1 aromatic heterocycles. The Morgan fingerprint density at radius 3 is 2.53 bits per heavy atom. The number of piperidine rings is 1. The summed E-state index contributed by atoms with van der Waals surface area (Å²) >= 11 is 0. The molecule has 2 aliphatic rings. The van der Waals surface area contributed by atoms with Crippen molar-refractivity contribution in [1.29, 1.82) is 0 Å². The molecule has 32 heavy (non-hydrogen) atoms. The first-order valence-electron chi connectivity index (χ1n) is 11.6. The Bertz CT molecular complexity index is 766. The minimum absolute atomic E-state index is 0.0978. The zero-order valence-electron chi connectivity index (χ0n) is 19.5. The highest BCUT2D eigenvalue weighted by molar-refractivity contribution is 5.95. The second-order valence-electron chi connectivity index (χ2n) is 9.44. The molecule has 178 valence electrons. The third-order valence-corrected chi connectivity index (χ3v) is 5.77. The SMILES string of the molecule is CC(C)(C)OC(=O)N1CCN(CCCNC(=O)C2CCCCN2C(=O)c2ccco2)CC1. The summed E-state index contributed by atoms with van der Waals surface area (Å²) in [5.41, 5.74) is -0.483. The maximum absolute atomic E-state index is 12.8. The van der Waals surface area contributed by atoms with Crippen LogP contribution in [0.3, 0.4) is 0 Å². The summed E-state index contributed by atoms with van der Waals surface area (Å²) in [5.74, 6) is -0.0488. The fourth-order valence-corrected chi connectivity index (χ4v) is 4.10. The summed E-state index contributed by atoms with van der Waals surface area (Å²) in [6.07, 6.45) is 4.53. The van der Waals surface area contributed by atoms with E-state index in [0.29, 0.717) is 32.6 Å². The number of carbonyl (C=O) groups is 3. The zero-order chi connectivity index (χ0) is 23.1. The van der Waals surface area contributed by atoms with E-state index in [4.69, 9.17) is 9.15 Å². The Labute approximate surface area is 190 Å². The molecule has 3 heterocycles. The minimum Gasteiger partial charge on any atom is -0.459 e. The Morgan fingerprint density at radius 1 is 1.12 bits per heavy atom. The van der Waals surface area contributed by atoms with Gasteiger partial charge in [-0.1, -0.05) is 0 Å². The summed E-state index contributed by atoms with van der Waals surface area (Å²) in [6.45, 7) is 10.5. The van der Waals surface area contributed by atoms with Crippen LogP contribution in [-0.2, 0) is 9.53 Å². The number of amides is 3. The highest BCUT2D eigenvalue weighted by Crippen LogP contribution is 2.20. The molecule has 0 radical (unpaired) electrons. The standard InChI is InChI=1S/C23H36N4O5/c1-23(2,3)32-22(30)26-15-13-25(14-16-26)11-7-10-24-20(28)18-8-4-5-12-27(18)21(29)19-9-6-17-31-19/h6,9,17-18H,4-5,7-8,10-16H2,1-3H3,(H,24,28). The molecule has 9 nitrogen and oxygen atoms in total. The quantitative estimate of drug-likeness (QED) is 0.671. The number of hydrogen-bond donors (Lipinski definition) is 1. The molecule has 1 atom stereocenters. The van der Waals surface area contributed by atoms with Crippen LogP contribution in [-0.4, -0.2) is 90.1 Å². The first-order chi connectivity index (χ1) is 15.2. The Balaban J connectivity index is 1.37. The van der Waals surface area contributed by atoms with Crippen LogP contribution >= 0.6 is 0 Å². The van der Waals surface area contributed by atoms with E-state index in [0.717, 1.165) is 38.9 Å². The largest absolute Gasteiger partial charge is 0.459 e. The smallest absolute Gasteiger partial charge is 0.410 e. The van der Waals surface area contributed by atoms with Gasteiger partial charge in [-0.3, -0.25) is 14.5 Å². The van der Waals surface area contributed by atoms with Gasteiger partial charge in [-0.15, -0.1) is 0 Å². The molecule has 3 amide bonds. The van der Waals surface area contributed by atoms with Crippen LogP contribution in [0.15, 0.2) is 22.8 Å².